The Morgan fingerprint density at radius 2 is 1.89 bits per heavy atom. The fourth-order valence-corrected chi connectivity index (χ4v) is 5.45. The minimum atomic E-state index is -4.93. The van der Waals surface area contributed by atoms with Crippen molar-refractivity contribution in [2.24, 2.45) is 0 Å². The summed E-state index contributed by atoms with van der Waals surface area (Å²) in [6.07, 6.45) is -3.19. The third-order valence-corrected chi connectivity index (χ3v) is 7.75. The molecule has 1 amide bonds. The van der Waals surface area contributed by atoms with Gasteiger partial charge < -0.3 is 20.1 Å². The van der Waals surface area contributed by atoms with Gasteiger partial charge in [0.05, 0.1) is 17.9 Å². The SMILES string of the molecule is CC1c2cc(Nc3ncc(Cl)c(Nc4ccccc4P(C)(C)=O)n3)ccc2CCN1C(=O)C(F)(F)F. The van der Waals surface area contributed by atoms with Gasteiger partial charge in [0.2, 0.25) is 5.95 Å². The van der Waals surface area contributed by atoms with Crippen molar-refractivity contribution in [3.05, 3.63) is 64.8 Å². The Bertz CT molecular complexity index is 1360. The van der Waals surface area contributed by atoms with E-state index in [4.69, 9.17) is 11.6 Å². The maximum atomic E-state index is 13.0. The molecule has 7 nitrogen and oxygen atoms in total. The highest BCUT2D eigenvalue weighted by Gasteiger charge is 2.45. The Balaban J connectivity index is 1.59. The second kappa shape index (κ2) is 9.75. The number of hydrogen-bond donors (Lipinski definition) is 2. The number of hydrogen-bond acceptors (Lipinski definition) is 6. The molecule has 0 saturated carbocycles. The van der Waals surface area contributed by atoms with Gasteiger partial charge in [-0.05, 0) is 62.1 Å². The first kappa shape index (κ1) is 26.0. The van der Waals surface area contributed by atoms with E-state index in [-0.39, 0.29) is 17.5 Å². The van der Waals surface area contributed by atoms with E-state index in [1.54, 1.807) is 56.7 Å². The Hall–Kier alpha value is -3.10. The maximum Gasteiger partial charge on any atom is 0.471 e. The highest BCUT2D eigenvalue weighted by molar-refractivity contribution is 7.70. The van der Waals surface area contributed by atoms with Crippen molar-refractivity contribution < 1.29 is 22.5 Å². The first-order valence-electron chi connectivity index (χ1n) is 11.1. The average Bonchev–Trinajstić information content (AvgIpc) is 2.80. The number of rotatable bonds is 5. The second-order valence-corrected chi connectivity index (χ2v) is 12.4. The molecule has 36 heavy (non-hydrogen) atoms. The zero-order valence-electron chi connectivity index (χ0n) is 19.7. The number of carbonyl (C=O) groups is 1. The van der Waals surface area contributed by atoms with Crippen LogP contribution in [0.2, 0.25) is 5.02 Å². The van der Waals surface area contributed by atoms with Crippen LogP contribution in [0.1, 0.15) is 24.1 Å². The van der Waals surface area contributed by atoms with Crippen molar-refractivity contribution in [3.63, 3.8) is 0 Å². The predicted molar refractivity (Wildman–Crippen MR) is 135 cm³/mol. The van der Waals surface area contributed by atoms with E-state index in [0.29, 0.717) is 34.5 Å². The van der Waals surface area contributed by atoms with Crippen molar-refractivity contribution in [1.82, 2.24) is 14.9 Å². The Morgan fingerprint density at radius 1 is 1.17 bits per heavy atom. The van der Waals surface area contributed by atoms with E-state index in [1.807, 2.05) is 6.07 Å². The van der Waals surface area contributed by atoms with Gasteiger partial charge in [0, 0.05) is 17.5 Å². The summed E-state index contributed by atoms with van der Waals surface area (Å²) < 4.78 is 51.7. The summed E-state index contributed by atoms with van der Waals surface area (Å²) >= 11 is 6.30. The lowest BCUT2D eigenvalue weighted by Gasteiger charge is -2.35. The molecule has 0 spiro atoms. The average molecular weight is 538 g/mol. The molecule has 1 aliphatic heterocycles. The number of benzene rings is 2. The molecule has 2 heterocycles. The van der Waals surface area contributed by atoms with E-state index in [2.05, 4.69) is 20.6 Å². The highest BCUT2D eigenvalue weighted by atomic mass is 35.5. The van der Waals surface area contributed by atoms with Gasteiger partial charge in [0.15, 0.2) is 5.82 Å². The normalized spacial score (nSPS) is 15.9. The minimum Gasteiger partial charge on any atom is -0.338 e. The van der Waals surface area contributed by atoms with Crippen LogP contribution in [-0.2, 0) is 15.8 Å². The van der Waals surface area contributed by atoms with Gasteiger partial charge >= 0.3 is 12.1 Å². The quantitative estimate of drug-likeness (QED) is 0.396. The molecule has 4 rings (SSSR count). The number of para-hydroxylation sites is 1. The van der Waals surface area contributed by atoms with Gasteiger partial charge in [-0.2, -0.15) is 18.2 Å². The van der Waals surface area contributed by atoms with Gasteiger partial charge in [-0.3, -0.25) is 4.79 Å². The van der Waals surface area contributed by atoms with Gasteiger partial charge in [0.25, 0.3) is 0 Å². The van der Waals surface area contributed by atoms with Crippen LogP contribution in [0, 0.1) is 0 Å². The lowest BCUT2D eigenvalue weighted by molar-refractivity contribution is -0.188. The van der Waals surface area contributed by atoms with Crippen LogP contribution in [0.4, 0.5) is 36.3 Å². The van der Waals surface area contributed by atoms with Crippen molar-refractivity contribution in [3.8, 4) is 0 Å². The molecule has 1 atom stereocenters. The summed E-state index contributed by atoms with van der Waals surface area (Å²) in [6, 6.07) is 11.7. The number of amides is 1. The first-order valence-corrected chi connectivity index (χ1v) is 14.0. The Morgan fingerprint density at radius 3 is 2.58 bits per heavy atom. The Labute approximate surface area is 211 Å². The van der Waals surface area contributed by atoms with Crippen molar-refractivity contribution >= 4 is 53.1 Å². The number of nitrogens with one attached hydrogen (secondary N) is 2. The van der Waals surface area contributed by atoms with Crippen LogP contribution < -0.4 is 15.9 Å². The monoisotopic (exact) mass is 537 g/mol. The van der Waals surface area contributed by atoms with Crippen LogP contribution in [0.15, 0.2) is 48.7 Å². The summed E-state index contributed by atoms with van der Waals surface area (Å²) in [4.78, 5) is 21.3. The zero-order chi connectivity index (χ0) is 26.3. The topological polar surface area (TPSA) is 87.2 Å². The first-order chi connectivity index (χ1) is 16.8. The lowest BCUT2D eigenvalue weighted by atomic mass is 9.93. The van der Waals surface area contributed by atoms with Crippen LogP contribution in [0.3, 0.4) is 0 Å². The molecule has 1 unspecified atom stereocenters. The van der Waals surface area contributed by atoms with Gasteiger partial charge in [-0.15, -0.1) is 0 Å². The summed E-state index contributed by atoms with van der Waals surface area (Å²) in [7, 11) is -2.58. The van der Waals surface area contributed by atoms with Gasteiger partial charge in [-0.1, -0.05) is 29.8 Å². The molecule has 0 aliphatic carbocycles. The number of alkyl halides is 3. The van der Waals surface area contributed by atoms with E-state index >= 15 is 0 Å². The molecular weight excluding hydrogens is 514 g/mol. The van der Waals surface area contributed by atoms with E-state index < -0.39 is 25.3 Å². The lowest BCUT2D eigenvalue weighted by Crippen LogP contribution is -2.45. The van der Waals surface area contributed by atoms with E-state index in [9.17, 15) is 22.5 Å². The number of fused-ring (bicyclic) bond motifs is 1. The Kier molecular flexibility index (Phi) is 7.03. The van der Waals surface area contributed by atoms with E-state index in [0.717, 1.165) is 10.5 Å². The fourth-order valence-electron chi connectivity index (χ4n) is 4.15. The summed E-state index contributed by atoms with van der Waals surface area (Å²) in [5, 5.41) is 7.06. The number of carbonyl (C=O) groups excluding carboxylic acids is 1. The number of aromatic nitrogens is 2. The van der Waals surface area contributed by atoms with Crippen LogP contribution in [0.25, 0.3) is 0 Å². The fraction of sp³-hybridized carbons (Fsp3) is 0.292. The zero-order valence-corrected chi connectivity index (χ0v) is 21.4. The smallest absolute Gasteiger partial charge is 0.338 e. The molecule has 0 fully saturated rings. The summed E-state index contributed by atoms with van der Waals surface area (Å²) in [5.41, 5.74) is 2.64. The molecule has 190 valence electrons. The van der Waals surface area contributed by atoms with Crippen LogP contribution in [-0.4, -0.2) is 46.8 Å². The molecule has 2 N–H and O–H groups in total. The molecule has 2 aromatic carbocycles. The number of halogens is 4. The molecule has 3 aromatic rings. The molecule has 12 heteroatoms. The summed E-state index contributed by atoms with van der Waals surface area (Å²) in [6.45, 7) is 4.91. The molecule has 0 bridgehead atoms. The molecule has 0 radical (unpaired) electrons. The molecular formula is C24H24ClF3N5O2P. The van der Waals surface area contributed by atoms with Gasteiger partial charge in [-0.25, -0.2) is 4.98 Å². The molecule has 0 saturated heterocycles. The third kappa shape index (κ3) is 5.50. The van der Waals surface area contributed by atoms with Crippen molar-refractivity contribution in [2.45, 2.75) is 25.6 Å². The second-order valence-electron chi connectivity index (χ2n) is 8.84. The third-order valence-electron chi connectivity index (χ3n) is 5.93. The largest absolute Gasteiger partial charge is 0.471 e. The van der Waals surface area contributed by atoms with Crippen molar-refractivity contribution in [2.75, 3.05) is 30.5 Å². The maximum absolute atomic E-state index is 13.0. The predicted octanol–water partition coefficient (Wildman–Crippen LogP) is 5.87. The molecule has 1 aromatic heterocycles. The minimum absolute atomic E-state index is 0.00145. The highest BCUT2D eigenvalue weighted by Crippen LogP contribution is 2.39. The van der Waals surface area contributed by atoms with Crippen LogP contribution in [0.5, 0.6) is 0 Å². The molecule has 1 aliphatic rings. The van der Waals surface area contributed by atoms with Crippen molar-refractivity contribution in [1.29, 1.82) is 0 Å². The van der Waals surface area contributed by atoms with E-state index in [1.165, 1.54) is 6.20 Å². The standard InChI is InChI=1S/C24H24ClF3N5O2P/c1-14-17-12-16(9-8-15(17)10-11-33(14)22(34)24(26,27)28)30-23-29-13-18(25)21(32-23)31-19-6-4-5-7-20(19)36(2,3)35/h4-9,12-14H,10-11H2,1-3H3,(H2,29,30,31,32). The number of anilines is 4. The number of nitrogens with zero attached hydrogens (tertiary/aromatic N) is 3. The van der Waals surface area contributed by atoms with Crippen LogP contribution >= 0.6 is 18.7 Å². The van der Waals surface area contributed by atoms with Gasteiger partial charge in [0.1, 0.15) is 12.2 Å². The summed E-state index contributed by atoms with van der Waals surface area (Å²) in [5.74, 6) is -1.36.